The Kier molecular flexibility index (Phi) is 7.70. The number of benzene rings is 1. The molecule has 0 radical (unpaired) electrons. The van der Waals surface area contributed by atoms with Crippen LogP contribution in [0.1, 0.15) is 61.6 Å². The van der Waals surface area contributed by atoms with Crippen LogP contribution in [0.4, 0.5) is 24.5 Å². The first-order valence-corrected chi connectivity index (χ1v) is 13.7. The minimum atomic E-state index is -4.65. The van der Waals surface area contributed by atoms with Gasteiger partial charge in [-0.2, -0.15) is 13.2 Å². The molecule has 2 saturated carbocycles. The number of hydrogen-bond acceptors (Lipinski definition) is 5. The van der Waals surface area contributed by atoms with E-state index >= 15 is 0 Å². The van der Waals surface area contributed by atoms with E-state index in [4.69, 9.17) is 0 Å². The summed E-state index contributed by atoms with van der Waals surface area (Å²) in [5.41, 5.74) is 4.14. The van der Waals surface area contributed by atoms with Crippen molar-refractivity contribution in [2.75, 3.05) is 26.5 Å². The maximum Gasteiger partial charge on any atom is 0.413 e. The summed E-state index contributed by atoms with van der Waals surface area (Å²) in [6, 6.07) is 7.72. The molecule has 212 valence electrons. The number of halogens is 3. The molecule has 2 fully saturated rings. The number of amides is 2. The van der Waals surface area contributed by atoms with E-state index in [-0.39, 0.29) is 17.4 Å². The zero-order chi connectivity index (χ0) is 28.6. The lowest BCUT2D eigenvalue weighted by molar-refractivity contribution is -0.191. The Labute approximate surface area is 231 Å². The van der Waals surface area contributed by atoms with Crippen molar-refractivity contribution in [3.8, 4) is 0 Å². The molecule has 0 aliphatic heterocycles. The second-order valence-corrected chi connectivity index (χ2v) is 11.2. The third kappa shape index (κ3) is 5.76. The second-order valence-electron chi connectivity index (χ2n) is 11.2. The van der Waals surface area contributed by atoms with E-state index in [0.717, 1.165) is 40.0 Å². The number of rotatable bonds is 7. The summed E-state index contributed by atoms with van der Waals surface area (Å²) in [5.74, 6) is -0.869. The van der Waals surface area contributed by atoms with E-state index in [1.165, 1.54) is 24.1 Å². The highest BCUT2D eigenvalue weighted by Gasteiger charge is 2.46. The summed E-state index contributed by atoms with van der Waals surface area (Å²) in [5, 5.41) is 3.32. The minimum absolute atomic E-state index is 0.00102. The van der Waals surface area contributed by atoms with Crippen molar-refractivity contribution < 1.29 is 22.8 Å². The zero-order valence-corrected chi connectivity index (χ0v) is 22.9. The molecule has 2 aliphatic rings. The van der Waals surface area contributed by atoms with Gasteiger partial charge in [0, 0.05) is 50.4 Å². The molecule has 1 atom stereocenters. The van der Waals surface area contributed by atoms with Crippen LogP contribution in [0.25, 0.3) is 11.0 Å². The highest BCUT2D eigenvalue weighted by molar-refractivity contribution is 5.85. The average Bonchev–Trinajstić information content (AvgIpc) is 3.77. The molecule has 2 aromatic heterocycles. The largest absolute Gasteiger partial charge is 0.413 e. The fourth-order valence-corrected chi connectivity index (χ4v) is 5.83. The number of anilines is 2. The standard InChI is InChI=1S/C30H34F3N5O2/c1-37(2)28(39)20-8-10-21(11-9-20)29(40)38(3)27(30(31,32)33)19-12-14-22(15-13-19)36-24-17-35-23-5-4-16-34-26(23)25(24)18-6-7-18/h4-5,12-18,20-21,27,36H,6-11H2,1-3H3/t20?,21?,27-/m1/s1. The number of aromatic nitrogens is 2. The molecular formula is C30H34F3N5O2. The van der Waals surface area contributed by atoms with Gasteiger partial charge in [-0.15, -0.1) is 0 Å². The van der Waals surface area contributed by atoms with Crippen molar-refractivity contribution in [3.05, 3.63) is 59.9 Å². The van der Waals surface area contributed by atoms with E-state index in [0.29, 0.717) is 37.3 Å². The van der Waals surface area contributed by atoms with Crippen molar-refractivity contribution in [2.45, 2.75) is 56.7 Å². The number of alkyl halides is 3. The molecule has 1 aromatic carbocycles. The van der Waals surface area contributed by atoms with E-state index in [1.54, 1.807) is 38.6 Å². The van der Waals surface area contributed by atoms with E-state index in [1.807, 2.05) is 12.1 Å². The van der Waals surface area contributed by atoms with Crippen LogP contribution in [0.2, 0.25) is 0 Å². The lowest BCUT2D eigenvalue weighted by Crippen LogP contribution is -2.44. The van der Waals surface area contributed by atoms with Crippen LogP contribution in [0.3, 0.4) is 0 Å². The number of hydrogen-bond donors (Lipinski definition) is 1. The van der Waals surface area contributed by atoms with Gasteiger partial charge < -0.3 is 15.1 Å². The summed E-state index contributed by atoms with van der Waals surface area (Å²) < 4.78 is 42.9. The Bertz CT molecular complexity index is 1380. The van der Waals surface area contributed by atoms with Gasteiger partial charge in [-0.25, -0.2) is 0 Å². The van der Waals surface area contributed by atoms with Gasteiger partial charge in [0.2, 0.25) is 11.8 Å². The van der Waals surface area contributed by atoms with Gasteiger partial charge in [-0.1, -0.05) is 12.1 Å². The van der Waals surface area contributed by atoms with Crippen molar-refractivity contribution >= 4 is 34.2 Å². The van der Waals surface area contributed by atoms with Crippen LogP contribution in [-0.4, -0.2) is 58.9 Å². The quantitative estimate of drug-likeness (QED) is 0.377. The van der Waals surface area contributed by atoms with Crippen LogP contribution < -0.4 is 5.32 Å². The SMILES string of the molecule is CN(C)C(=O)C1CCC(C(=O)N(C)[C@H](c2ccc(Nc3cnc4cccnc4c3C3CC3)cc2)C(F)(F)F)CC1. The van der Waals surface area contributed by atoms with Crippen LogP contribution >= 0.6 is 0 Å². The highest BCUT2D eigenvalue weighted by atomic mass is 19.4. The molecule has 0 unspecified atom stereocenters. The van der Waals surface area contributed by atoms with Crippen LogP contribution in [0.5, 0.6) is 0 Å². The first-order chi connectivity index (χ1) is 19.0. The summed E-state index contributed by atoms with van der Waals surface area (Å²) in [6.07, 6.45) is 2.76. The third-order valence-electron chi connectivity index (χ3n) is 8.07. The van der Waals surface area contributed by atoms with E-state index < -0.39 is 24.0 Å². The lowest BCUT2D eigenvalue weighted by Gasteiger charge is -2.35. The smallest absolute Gasteiger partial charge is 0.354 e. The summed E-state index contributed by atoms with van der Waals surface area (Å²) >= 11 is 0. The van der Waals surface area contributed by atoms with Gasteiger partial charge in [-0.05, 0) is 74.3 Å². The molecular weight excluding hydrogens is 519 g/mol. The molecule has 0 bridgehead atoms. The Morgan fingerprint density at radius 2 is 1.52 bits per heavy atom. The molecule has 1 N–H and O–H groups in total. The van der Waals surface area contributed by atoms with Crippen molar-refractivity contribution in [1.29, 1.82) is 0 Å². The first-order valence-electron chi connectivity index (χ1n) is 13.7. The molecule has 0 spiro atoms. The Balaban J connectivity index is 1.32. The molecule has 3 aromatic rings. The number of pyridine rings is 2. The number of nitrogens with one attached hydrogen (secondary N) is 1. The molecule has 10 heteroatoms. The summed E-state index contributed by atoms with van der Waals surface area (Å²) in [7, 11) is 4.59. The van der Waals surface area contributed by atoms with E-state index in [2.05, 4.69) is 15.3 Å². The lowest BCUT2D eigenvalue weighted by atomic mass is 9.80. The van der Waals surface area contributed by atoms with E-state index in [9.17, 15) is 22.8 Å². The van der Waals surface area contributed by atoms with Gasteiger partial charge in [0.15, 0.2) is 6.04 Å². The molecule has 7 nitrogen and oxygen atoms in total. The second kappa shape index (κ2) is 11.1. The molecule has 2 heterocycles. The highest BCUT2D eigenvalue weighted by Crippen LogP contribution is 2.46. The topological polar surface area (TPSA) is 78.4 Å². The molecule has 2 amide bonds. The van der Waals surface area contributed by atoms with Crippen LogP contribution in [-0.2, 0) is 9.59 Å². The number of carbonyl (C=O) groups excluding carboxylic acids is 2. The fraction of sp³-hybridized carbons (Fsp3) is 0.467. The normalized spacial score (nSPS) is 20.1. The predicted octanol–water partition coefficient (Wildman–Crippen LogP) is 6.21. The zero-order valence-electron chi connectivity index (χ0n) is 22.9. The van der Waals surface area contributed by atoms with Crippen molar-refractivity contribution in [3.63, 3.8) is 0 Å². The van der Waals surface area contributed by atoms with Crippen LogP contribution in [0, 0.1) is 11.8 Å². The van der Waals surface area contributed by atoms with Gasteiger partial charge in [0.1, 0.15) is 0 Å². The number of fused-ring (bicyclic) bond motifs is 1. The van der Waals surface area contributed by atoms with Gasteiger partial charge in [0.05, 0.1) is 22.9 Å². The monoisotopic (exact) mass is 553 g/mol. The van der Waals surface area contributed by atoms with Gasteiger partial charge >= 0.3 is 6.18 Å². The maximum absolute atomic E-state index is 14.3. The maximum atomic E-state index is 14.3. The number of nitrogens with zero attached hydrogens (tertiary/aromatic N) is 4. The van der Waals surface area contributed by atoms with Crippen LogP contribution in [0.15, 0.2) is 48.8 Å². The Hall–Kier alpha value is -3.69. The van der Waals surface area contributed by atoms with Crippen molar-refractivity contribution in [2.24, 2.45) is 11.8 Å². The number of carbonyl (C=O) groups is 2. The minimum Gasteiger partial charge on any atom is -0.354 e. The van der Waals surface area contributed by atoms with Gasteiger partial charge in [-0.3, -0.25) is 19.6 Å². The average molecular weight is 554 g/mol. The predicted molar refractivity (Wildman–Crippen MR) is 147 cm³/mol. The van der Waals surface area contributed by atoms with Gasteiger partial charge in [0.25, 0.3) is 0 Å². The molecule has 40 heavy (non-hydrogen) atoms. The first kappa shape index (κ1) is 27.9. The fourth-order valence-electron chi connectivity index (χ4n) is 5.83. The molecule has 2 aliphatic carbocycles. The summed E-state index contributed by atoms with van der Waals surface area (Å²) in [4.78, 5) is 36.8. The Morgan fingerprint density at radius 1 is 0.900 bits per heavy atom. The Morgan fingerprint density at radius 3 is 2.10 bits per heavy atom. The summed E-state index contributed by atoms with van der Waals surface area (Å²) in [6.45, 7) is 0. The molecule has 0 saturated heterocycles. The van der Waals surface area contributed by atoms with Crippen molar-refractivity contribution in [1.82, 2.24) is 19.8 Å². The molecule has 5 rings (SSSR count). The third-order valence-corrected chi connectivity index (χ3v) is 8.07.